The van der Waals surface area contributed by atoms with Crippen LogP contribution in [0.1, 0.15) is 25.3 Å². The van der Waals surface area contributed by atoms with E-state index < -0.39 is 0 Å². The molecule has 0 aliphatic rings. The van der Waals surface area contributed by atoms with E-state index in [4.69, 9.17) is 9.47 Å². The summed E-state index contributed by atoms with van der Waals surface area (Å²) in [4.78, 5) is 11.7. The number of carbonyl (C=O) groups is 1. The van der Waals surface area contributed by atoms with E-state index in [1.54, 1.807) is 18.3 Å². The van der Waals surface area contributed by atoms with Gasteiger partial charge in [-0.05, 0) is 36.8 Å². The Labute approximate surface area is 156 Å². The second-order valence-electron chi connectivity index (χ2n) is 5.28. The summed E-state index contributed by atoms with van der Waals surface area (Å²) >= 11 is 3.41. The largest absolute Gasteiger partial charge is 0.494 e. The van der Waals surface area contributed by atoms with Crippen LogP contribution in [0.4, 0.5) is 0 Å². The molecule has 2 aromatic rings. The molecule has 0 fully saturated rings. The Bertz CT molecular complexity index is 702. The summed E-state index contributed by atoms with van der Waals surface area (Å²) in [5, 5.41) is 3.92. The van der Waals surface area contributed by atoms with Crippen LogP contribution in [-0.2, 0) is 4.79 Å². The second-order valence-corrected chi connectivity index (χ2v) is 6.13. The lowest BCUT2D eigenvalue weighted by atomic mass is 10.2. The third-order valence-electron chi connectivity index (χ3n) is 3.26. The normalized spacial score (nSPS) is 10.6. The predicted molar refractivity (Wildman–Crippen MR) is 102 cm³/mol. The average Bonchev–Trinajstić information content (AvgIpc) is 2.63. The predicted octanol–water partition coefficient (Wildman–Crippen LogP) is 4.16. The molecule has 0 bridgehead atoms. The molecule has 0 saturated carbocycles. The van der Waals surface area contributed by atoms with Crippen molar-refractivity contribution in [2.24, 2.45) is 5.10 Å². The average molecular weight is 405 g/mol. The zero-order valence-electron chi connectivity index (χ0n) is 14.1. The Morgan fingerprint density at radius 2 is 1.80 bits per heavy atom. The minimum Gasteiger partial charge on any atom is -0.494 e. The number of amides is 1. The monoisotopic (exact) mass is 404 g/mol. The molecule has 25 heavy (non-hydrogen) atoms. The number of nitrogens with one attached hydrogen (secondary N) is 1. The lowest BCUT2D eigenvalue weighted by molar-refractivity contribution is -0.123. The number of hydrogen-bond acceptors (Lipinski definition) is 4. The van der Waals surface area contributed by atoms with Crippen molar-refractivity contribution in [1.82, 2.24) is 5.43 Å². The number of ether oxygens (including phenoxy) is 2. The molecule has 0 saturated heterocycles. The molecule has 0 spiro atoms. The number of hydrogen-bond donors (Lipinski definition) is 1. The highest BCUT2D eigenvalue weighted by Crippen LogP contribution is 2.17. The van der Waals surface area contributed by atoms with Crippen molar-refractivity contribution in [2.75, 3.05) is 13.2 Å². The van der Waals surface area contributed by atoms with Crippen LogP contribution < -0.4 is 14.9 Å². The fraction of sp³-hybridized carbons (Fsp3) is 0.263. The molecule has 2 rings (SSSR count). The van der Waals surface area contributed by atoms with E-state index >= 15 is 0 Å². The molecule has 5 nitrogen and oxygen atoms in total. The van der Waals surface area contributed by atoms with E-state index in [0.717, 1.165) is 28.6 Å². The summed E-state index contributed by atoms with van der Waals surface area (Å²) < 4.78 is 11.9. The third-order valence-corrected chi connectivity index (χ3v) is 3.98. The van der Waals surface area contributed by atoms with Gasteiger partial charge < -0.3 is 9.47 Å². The molecule has 0 heterocycles. The quantitative estimate of drug-likeness (QED) is 0.387. The van der Waals surface area contributed by atoms with E-state index in [1.807, 2.05) is 36.4 Å². The Kier molecular flexibility index (Phi) is 7.98. The van der Waals surface area contributed by atoms with Gasteiger partial charge in [0.25, 0.3) is 5.91 Å². The van der Waals surface area contributed by atoms with Crippen LogP contribution in [-0.4, -0.2) is 25.3 Å². The number of unbranched alkanes of at least 4 members (excludes halogenated alkanes) is 1. The molecule has 132 valence electrons. The van der Waals surface area contributed by atoms with Gasteiger partial charge in [-0.25, -0.2) is 5.43 Å². The summed E-state index contributed by atoms with van der Waals surface area (Å²) in [6, 6.07) is 14.8. The summed E-state index contributed by atoms with van der Waals surface area (Å²) in [6.45, 7) is 2.71. The van der Waals surface area contributed by atoms with Crippen LogP contribution in [0.2, 0.25) is 0 Å². The van der Waals surface area contributed by atoms with Crippen molar-refractivity contribution < 1.29 is 14.3 Å². The maximum absolute atomic E-state index is 11.7. The van der Waals surface area contributed by atoms with Crippen molar-refractivity contribution >= 4 is 28.1 Å². The van der Waals surface area contributed by atoms with E-state index in [1.165, 1.54) is 0 Å². The van der Waals surface area contributed by atoms with Crippen molar-refractivity contribution in [3.63, 3.8) is 0 Å². The highest BCUT2D eigenvalue weighted by Gasteiger charge is 2.02. The van der Waals surface area contributed by atoms with Gasteiger partial charge in [-0.15, -0.1) is 0 Å². The number of carbonyl (C=O) groups excluding carboxylic acids is 1. The highest BCUT2D eigenvalue weighted by atomic mass is 79.9. The van der Waals surface area contributed by atoms with Gasteiger partial charge in [-0.1, -0.05) is 47.5 Å². The first-order valence-electron chi connectivity index (χ1n) is 8.11. The summed E-state index contributed by atoms with van der Waals surface area (Å²) in [7, 11) is 0. The lowest BCUT2D eigenvalue weighted by Gasteiger charge is -2.07. The molecule has 1 N–H and O–H groups in total. The zero-order valence-corrected chi connectivity index (χ0v) is 15.7. The Hall–Kier alpha value is -2.34. The number of hydrazone groups is 1. The molecule has 0 radical (unpaired) electrons. The summed E-state index contributed by atoms with van der Waals surface area (Å²) in [5.41, 5.74) is 3.31. The molecule has 2 aromatic carbocycles. The minimum absolute atomic E-state index is 0.108. The standard InChI is InChI=1S/C19H21BrN2O3/c1-2-3-12-24-16-8-10-17(11-9-16)25-14-19(23)22-21-13-15-6-4-5-7-18(15)20/h4-11,13H,2-3,12,14H2,1H3,(H,22,23)/b21-13-. The number of rotatable bonds is 9. The first kappa shape index (κ1) is 19.0. The van der Waals surface area contributed by atoms with Gasteiger partial charge in [0.05, 0.1) is 12.8 Å². The van der Waals surface area contributed by atoms with E-state index in [9.17, 15) is 4.79 Å². The van der Waals surface area contributed by atoms with Crippen LogP contribution in [0, 0.1) is 0 Å². The van der Waals surface area contributed by atoms with Crippen molar-refractivity contribution in [3.8, 4) is 11.5 Å². The van der Waals surface area contributed by atoms with E-state index in [0.29, 0.717) is 12.4 Å². The van der Waals surface area contributed by atoms with Gasteiger partial charge >= 0.3 is 0 Å². The van der Waals surface area contributed by atoms with Crippen LogP contribution in [0.3, 0.4) is 0 Å². The summed E-state index contributed by atoms with van der Waals surface area (Å²) in [6.07, 6.45) is 3.70. The minimum atomic E-state index is -0.327. The second kappa shape index (κ2) is 10.5. The highest BCUT2D eigenvalue weighted by molar-refractivity contribution is 9.10. The molecule has 0 aliphatic heterocycles. The maximum atomic E-state index is 11.7. The topological polar surface area (TPSA) is 59.9 Å². The molecule has 6 heteroatoms. The van der Waals surface area contributed by atoms with Gasteiger partial charge in [0.2, 0.25) is 0 Å². The first-order chi connectivity index (χ1) is 12.2. The third kappa shape index (κ3) is 6.97. The Morgan fingerprint density at radius 3 is 2.48 bits per heavy atom. The number of nitrogens with zero attached hydrogens (tertiary/aromatic N) is 1. The molecule has 0 aromatic heterocycles. The Morgan fingerprint density at radius 1 is 1.12 bits per heavy atom. The zero-order chi connectivity index (χ0) is 17.9. The maximum Gasteiger partial charge on any atom is 0.277 e. The molecular weight excluding hydrogens is 384 g/mol. The van der Waals surface area contributed by atoms with Crippen molar-refractivity contribution in [1.29, 1.82) is 0 Å². The van der Waals surface area contributed by atoms with E-state index in [-0.39, 0.29) is 12.5 Å². The smallest absolute Gasteiger partial charge is 0.277 e. The van der Waals surface area contributed by atoms with Crippen molar-refractivity contribution in [3.05, 3.63) is 58.6 Å². The van der Waals surface area contributed by atoms with Gasteiger partial charge in [0.15, 0.2) is 6.61 Å². The fourth-order valence-corrected chi connectivity index (χ4v) is 2.29. The SMILES string of the molecule is CCCCOc1ccc(OCC(=O)N/N=C\c2ccccc2Br)cc1. The molecule has 0 unspecified atom stereocenters. The molecule has 1 amide bonds. The van der Waals surface area contributed by atoms with Crippen LogP contribution in [0.5, 0.6) is 11.5 Å². The molecule has 0 aliphatic carbocycles. The van der Waals surface area contributed by atoms with Crippen LogP contribution in [0.25, 0.3) is 0 Å². The van der Waals surface area contributed by atoms with Gasteiger partial charge in [-0.2, -0.15) is 5.10 Å². The van der Waals surface area contributed by atoms with E-state index in [2.05, 4.69) is 33.4 Å². The van der Waals surface area contributed by atoms with Gasteiger partial charge in [-0.3, -0.25) is 4.79 Å². The molecule has 0 atom stereocenters. The number of halogens is 1. The lowest BCUT2D eigenvalue weighted by Crippen LogP contribution is -2.24. The van der Waals surface area contributed by atoms with Gasteiger partial charge in [0.1, 0.15) is 11.5 Å². The number of benzene rings is 2. The summed E-state index contributed by atoms with van der Waals surface area (Å²) in [5.74, 6) is 1.07. The fourth-order valence-electron chi connectivity index (χ4n) is 1.90. The molecular formula is C19H21BrN2O3. The van der Waals surface area contributed by atoms with Crippen molar-refractivity contribution in [2.45, 2.75) is 19.8 Å². The van der Waals surface area contributed by atoms with Gasteiger partial charge in [0, 0.05) is 10.0 Å². The Balaban J connectivity index is 1.73. The van der Waals surface area contributed by atoms with Crippen LogP contribution in [0.15, 0.2) is 58.1 Å². The van der Waals surface area contributed by atoms with Crippen LogP contribution >= 0.6 is 15.9 Å². The first-order valence-corrected chi connectivity index (χ1v) is 8.90.